The van der Waals surface area contributed by atoms with Crippen molar-refractivity contribution in [1.82, 2.24) is 20.5 Å². The summed E-state index contributed by atoms with van der Waals surface area (Å²) >= 11 is 0. The molecule has 7 heteroatoms. The summed E-state index contributed by atoms with van der Waals surface area (Å²) in [5.74, 6) is 1.89. The van der Waals surface area contributed by atoms with Gasteiger partial charge in [0, 0.05) is 25.2 Å². The predicted molar refractivity (Wildman–Crippen MR) is 97.8 cm³/mol. The van der Waals surface area contributed by atoms with E-state index in [1.165, 1.54) is 5.56 Å². The Balaban J connectivity index is 1.30. The molecule has 0 fully saturated rings. The van der Waals surface area contributed by atoms with Crippen LogP contribution in [0.15, 0.2) is 47.1 Å². The van der Waals surface area contributed by atoms with Crippen LogP contribution in [-0.4, -0.2) is 40.2 Å². The molecule has 3 aromatic rings. The van der Waals surface area contributed by atoms with Crippen LogP contribution < -0.4 is 10.2 Å². The van der Waals surface area contributed by atoms with E-state index in [1.807, 2.05) is 25.1 Å². The van der Waals surface area contributed by atoms with Crippen molar-refractivity contribution in [3.8, 4) is 11.6 Å². The zero-order valence-electron chi connectivity index (χ0n) is 14.6. The second-order valence-electron chi connectivity index (χ2n) is 6.37. The molecule has 4 rings (SSSR count). The van der Waals surface area contributed by atoms with Crippen molar-refractivity contribution in [2.75, 3.05) is 18.0 Å². The lowest BCUT2D eigenvalue weighted by Gasteiger charge is -2.26. The van der Waals surface area contributed by atoms with Crippen LogP contribution in [0.25, 0.3) is 11.6 Å². The van der Waals surface area contributed by atoms with Gasteiger partial charge in [-0.2, -0.15) is 5.10 Å². The number of H-pyrrole nitrogens is 1. The highest BCUT2D eigenvalue weighted by Crippen LogP contribution is 2.29. The lowest BCUT2D eigenvalue weighted by Crippen LogP contribution is -2.45. The molecule has 2 aromatic heterocycles. The molecular formula is C19H21N5O2. The number of hydrogen-bond acceptors (Lipinski definition) is 5. The van der Waals surface area contributed by atoms with Crippen LogP contribution in [0, 0.1) is 0 Å². The van der Waals surface area contributed by atoms with Gasteiger partial charge in [0.2, 0.25) is 11.7 Å². The van der Waals surface area contributed by atoms with Gasteiger partial charge in [0.25, 0.3) is 0 Å². The molecule has 1 aliphatic rings. The second-order valence-corrected chi connectivity index (χ2v) is 6.37. The number of anilines is 1. The SMILES string of the molecule is C[C@H](C(=O)NCCc1nc(-c2ccco2)n[nH]1)N1CCc2ccccc21. The third-order valence-corrected chi connectivity index (χ3v) is 4.70. The zero-order chi connectivity index (χ0) is 17.9. The highest BCUT2D eigenvalue weighted by molar-refractivity contribution is 5.85. The van der Waals surface area contributed by atoms with Crippen LogP contribution in [0.2, 0.25) is 0 Å². The Bertz CT molecular complexity index is 887. The zero-order valence-corrected chi connectivity index (χ0v) is 14.6. The van der Waals surface area contributed by atoms with E-state index in [-0.39, 0.29) is 11.9 Å². The topological polar surface area (TPSA) is 87.0 Å². The summed E-state index contributed by atoms with van der Waals surface area (Å²) in [5.41, 5.74) is 2.47. The Morgan fingerprint density at radius 2 is 2.23 bits per heavy atom. The van der Waals surface area contributed by atoms with Gasteiger partial charge in [0.1, 0.15) is 11.9 Å². The van der Waals surface area contributed by atoms with Crippen molar-refractivity contribution in [2.24, 2.45) is 0 Å². The van der Waals surface area contributed by atoms with Crippen LogP contribution in [0.5, 0.6) is 0 Å². The van der Waals surface area contributed by atoms with Crippen molar-refractivity contribution >= 4 is 11.6 Å². The summed E-state index contributed by atoms with van der Waals surface area (Å²) in [5, 5.41) is 10.0. The van der Waals surface area contributed by atoms with Gasteiger partial charge >= 0.3 is 0 Å². The fourth-order valence-corrected chi connectivity index (χ4v) is 3.28. The largest absolute Gasteiger partial charge is 0.461 e. The van der Waals surface area contributed by atoms with Crippen LogP contribution in [-0.2, 0) is 17.6 Å². The number of benzene rings is 1. The monoisotopic (exact) mass is 351 g/mol. The molecule has 0 saturated carbocycles. The molecule has 1 aromatic carbocycles. The van der Waals surface area contributed by atoms with Crippen LogP contribution in [0.1, 0.15) is 18.3 Å². The molecule has 0 saturated heterocycles. The van der Waals surface area contributed by atoms with E-state index in [0.717, 1.165) is 24.5 Å². The quantitative estimate of drug-likeness (QED) is 0.711. The normalized spacial score (nSPS) is 14.3. The number of para-hydroxylation sites is 1. The number of aromatic amines is 1. The lowest BCUT2D eigenvalue weighted by atomic mass is 10.1. The average molecular weight is 351 g/mol. The summed E-state index contributed by atoms with van der Waals surface area (Å²) in [6.45, 7) is 3.33. The Kier molecular flexibility index (Phi) is 4.43. The van der Waals surface area contributed by atoms with Crippen molar-refractivity contribution in [3.63, 3.8) is 0 Å². The molecule has 0 bridgehead atoms. The smallest absolute Gasteiger partial charge is 0.242 e. The number of furan rings is 1. The number of nitrogens with one attached hydrogen (secondary N) is 2. The Labute approximate surface area is 151 Å². The number of carbonyl (C=O) groups is 1. The molecule has 134 valence electrons. The van der Waals surface area contributed by atoms with Gasteiger partial charge in [0.15, 0.2) is 5.76 Å². The minimum Gasteiger partial charge on any atom is -0.461 e. The van der Waals surface area contributed by atoms with Gasteiger partial charge in [-0.1, -0.05) is 18.2 Å². The highest BCUT2D eigenvalue weighted by atomic mass is 16.3. The number of rotatable bonds is 6. The van der Waals surface area contributed by atoms with E-state index in [1.54, 1.807) is 12.3 Å². The number of aromatic nitrogens is 3. The maximum absolute atomic E-state index is 12.5. The second kappa shape index (κ2) is 7.03. The molecule has 3 heterocycles. The summed E-state index contributed by atoms with van der Waals surface area (Å²) in [6.07, 6.45) is 3.16. The summed E-state index contributed by atoms with van der Waals surface area (Å²) < 4.78 is 5.27. The Morgan fingerprint density at radius 3 is 3.08 bits per heavy atom. The van der Waals surface area contributed by atoms with Crippen molar-refractivity contribution in [2.45, 2.75) is 25.8 Å². The fraction of sp³-hybridized carbons (Fsp3) is 0.316. The molecule has 7 nitrogen and oxygen atoms in total. The number of fused-ring (bicyclic) bond motifs is 1. The number of amides is 1. The fourth-order valence-electron chi connectivity index (χ4n) is 3.28. The molecule has 1 amide bonds. The van der Waals surface area contributed by atoms with E-state index in [4.69, 9.17) is 4.42 Å². The van der Waals surface area contributed by atoms with E-state index in [2.05, 4.69) is 37.5 Å². The van der Waals surface area contributed by atoms with E-state index >= 15 is 0 Å². The number of nitrogens with zero attached hydrogens (tertiary/aromatic N) is 3. The third-order valence-electron chi connectivity index (χ3n) is 4.70. The van der Waals surface area contributed by atoms with E-state index in [9.17, 15) is 4.79 Å². The molecule has 1 aliphatic heterocycles. The molecule has 0 radical (unpaired) electrons. The summed E-state index contributed by atoms with van der Waals surface area (Å²) in [4.78, 5) is 19.0. The van der Waals surface area contributed by atoms with Crippen LogP contribution >= 0.6 is 0 Å². The lowest BCUT2D eigenvalue weighted by molar-refractivity contribution is -0.122. The van der Waals surface area contributed by atoms with Gasteiger partial charge in [-0.25, -0.2) is 4.98 Å². The first kappa shape index (κ1) is 16.4. The van der Waals surface area contributed by atoms with E-state index < -0.39 is 0 Å². The number of carbonyl (C=O) groups excluding carboxylic acids is 1. The van der Waals surface area contributed by atoms with Crippen LogP contribution in [0.3, 0.4) is 0 Å². The van der Waals surface area contributed by atoms with Gasteiger partial charge in [-0.05, 0) is 37.1 Å². The van der Waals surface area contributed by atoms with E-state index in [0.29, 0.717) is 24.6 Å². The molecule has 1 atom stereocenters. The standard InChI is InChI=1S/C19H21N5O2/c1-13(24-11-9-14-5-2-3-6-15(14)24)19(25)20-10-8-17-21-18(23-22-17)16-7-4-12-26-16/h2-7,12-13H,8-11H2,1H3,(H,20,25)(H,21,22,23)/t13-/m1/s1. The van der Waals surface area contributed by atoms with Gasteiger partial charge in [-0.15, -0.1) is 0 Å². The maximum atomic E-state index is 12.5. The molecule has 2 N–H and O–H groups in total. The molecule has 0 unspecified atom stereocenters. The van der Waals surface area contributed by atoms with Crippen molar-refractivity contribution in [3.05, 3.63) is 54.0 Å². The first-order valence-corrected chi connectivity index (χ1v) is 8.80. The van der Waals surface area contributed by atoms with Gasteiger partial charge in [-0.3, -0.25) is 9.89 Å². The number of hydrogen-bond donors (Lipinski definition) is 2. The van der Waals surface area contributed by atoms with Gasteiger partial charge < -0.3 is 14.6 Å². The highest BCUT2D eigenvalue weighted by Gasteiger charge is 2.27. The predicted octanol–water partition coefficient (Wildman–Crippen LogP) is 2.17. The Morgan fingerprint density at radius 1 is 1.35 bits per heavy atom. The minimum atomic E-state index is -0.202. The molecular weight excluding hydrogens is 330 g/mol. The molecule has 0 aliphatic carbocycles. The summed E-state index contributed by atoms with van der Waals surface area (Å²) in [6, 6.07) is 11.7. The minimum absolute atomic E-state index is 0.0208. The average Bonchev–Trinajstić information content (AvgIpc) is 3.40. The third kappa shape index (κ3) is 3.20. The Hall–Kier alpha value is -3.09. The first-order chi connectivity index (χ1) is 12.7. The first-order valence-electron chi connectivity index (χ1n) is 8.80. The molecule has 26 heavy (non-hydrogen) atoms. The van der Waals surface area contributed by atoms with Crippen molar-refractivity contribution in [1.29, 1.82) is 0 Å². The van der Waals surface area contributed by atoms with Gasteiger partial charge in [0.05, 0.1) is 6.26 Å². The summed E-state index contributed by atoms with van der Waals surface area (Å²) in [7, 11) is 0. The van der Waals surface area contributed by atoms with Crippen molar-refractivity contribution < 1.29 is 9.21 Å². The maximum Gasteiger partial charge on any atom is 0.242 e. The molecule has 0 spiro atoms. The van der Waals surface area contributed by atoms with Crippen LogP contribution in [0.4, 0.5) is 5.69 Å².